The highest BCUT2D eigenvalue weighted by Gasteiger charge is 2.16. The number of rotatable bonds is 6. The lowest BCUT2D eigenvalue weighted by Gasteiger charge is -2.23. The van der Waals surface area contributed by atoms with Crippen molar-refractivity contribution in [3.8, 4) is 0 Å². The first-order valence-corrected chi connectivity index (χ1v) is 8.40. The molecule has 1 aromatic heterocycles. The fourth-order valence-corrected chi connectivity index (χ4v) is 3.07. The van der Waals surface area contributed by atoms with Crippen LogP contribution in [-0.2, 0) is 10.8 Å². The van der Waals surface area contributed by atoms with Crippen LogP contribution < -0.4 is 5.32 Å². The van der Waals surface area contributed by atoms with Crippen LogP contribution >= 0.6 is 0 Å². The van der Waals surface area contributed by atoms with E-state index >= 15 is 0 Å². The number of benzene rings is 1. The molecule has 0 radical (unpaired) electrons. The molecule has 0 saturated carbocycles. The molecule has 0 aliphatic carbocycles. The van der Waals surface area contributed by atoms with Crippen molar-refractivity contribution in [3.63, 3.8) is 0 Å². The lowest BCUT2D eigenvalue weighted by molar-refractivity contribution is 0.530. The van der Waals surface area contributed by atoms with Crippen molar-refractivity contribution in [1.29, 1.82) is 0 Å². The molecule has 2 rings (SSSR count). The van der Waals surface area contributed by atoms with Crippen molar-refractivity contribution >= 4 is 10.8 Å². The summed E-state index contributed by atoms with van der Waals surface area (Å²) in [6, 6.07) is 14.6. The van der Waals surface area contributed by atoms with Gasteiger partial charge in [0.2, 0.25) is 0 Å². The average molecular weight is 288 g/mol. The first-order valence-electron chi connectivity index (χ1n) is 6.67. The van der Waals surface area contributed by atoms with Crippen molar-refractivity contribution in [1.82, 2.24) is 10.3 Å². The molecule has 20 heavy (non-hydrogen) atoms. The number of nitrogens with one attached hydrogen (secondary N) is 1. The average Bonchev–Trinajstić information content (AvgIpc) is 2.46. The van der Waals surface area contributed by atoms with Gasteiger partial charge in [-0.25, -0.2) is 0 Å². The van der Waals surface area contributed by atoms with Gasteiger partial charge in [-0.15, -0.1) is 0 Å². The summed E-state index contributed by atoms with van der Waals surface area (Å²) >= 11 is 0. The highest BCUT2D eigenvalue weighted by atomic mass is 32.2. The minimum atomic E-state index is -0.800. The zero-order chi connectivity index (χ0) is 14.4. The molecule has 1 N–H and O–H groups in total. The van der Waals surface area contributed by atoms with Crippen molar-refractivity contribution in [3.05, 3.63) is 66.0 Å². The van der Waals surface area contributed by atoms with Gasteiger partial charge in [-0.05, 0) is 30.2 Å². The van der Waals surface area contributed by atoms with Gasteiger partial charge in [-0.3, -0.25) is 9.19 Å². The van der Waals surface area contributed by atoms with E-state index in [1.54, 1.807) is 18.6 Å². The molecular formula is C16H20N2OS. The summed E-state index contributed by atoms with van der Waals surface area (Å²) in [7, 11) is -0.800. The van der Waals surface area contributed by atoms with Gasteiger partial charge in [0.05, 0.1) is 6.04 Å². The van der Waals surface area contributed by atoms with Crippen LogP contribution in [0.25, 0.3) is 0 Å². The molecule has 0 saturated heterocycles. The Morgan fingerprint density at radius 1 is 1.10 bits per heavy atom. The zero-order valence-corrected chi connectivity index (χ0v) is 12.6. The summed E-state index contributed by atoms with van der Waals surface area (Å²) in [4.78, 5) is 4.07. The number of pyridine rings is 1. The third kappa shape index (κ3) is 4.25. The number of aromatic nitrogens is 1. The van der Waals surface area contributed by atoms with Crippen LogP contribution in [0.2, 0.25) is 0 Å². The summed E-state index contributed by atoms with van der Waals surface area (Å²) in [5.74, 6) is 0.647. The van der Waals surface area contributed by atoms with Crippen LogP contribution in [-0.4, -0.2) is 27.2 Å². The Hall–Kier alpha value is -1.52. The maximum absolute atomic E-state index is 11.4. The summed E-state index contributed by atoms with van der Waals surface area (Å²) in [5.41, 5.74) is 2.37. The van der Waals surface area contributed by atoms with Gasteiger partial charge >= 0.3 is 0 Å². The maximum atomic E-state index is 11.4. The largest absolute Gasteiger partial charge is 0.303 e. The Morgan fingerprint density at radius 3 is 2.30 bits per heavy atom. The Labute approximate surface area is 122 Å². The molecule has 3 unspecified atom stereocenters. The molecular weight excluding hydrogens is 268 g/mol. The summed E-state index contributed by atoms with van der Waals surface area (Å²) in [5, 5.41) is 3.56. The topological polar surface area (TPSA) is 42.0 Å². The molecule has 0 spiro atoms. The fourth-order valence-electron chi connectivity index (χ4n) is 2.27. The van der Waals surface area contributed by atoms with Gasteiger partial charge in [0.15, 0.2) is 0 Å². The molecule has 3 nitrogen and oxygen atoms in total. The normalized spacial score (nSPS) is 15.5. The molecule has 4 heteroatoms. The van der Waals surface area contributed by atoms with Crippen molar-refractivity contribution in [2.75, 3.05) is 12.0 Å². The second-order valence-corrected chi connectivity index (χ2v) is 6.41. The fraction of sp³-hybridized carbons (Fsp3) is 0.312. The van der Waals surface area contributed by atoms with Gasteiger partial charge in [0, 0.05) is 41.2 Å². The lowest BCUT2D eigenvalue weighted by Crippen LogP contribution is -2.35. The second-order valence-electron chi connectivity index (χ2n) is 4.93. The summed E-state index contributed by atoms with van der Waals surface area (Å²) in [6.07, 6.45) is 5.34. The molecule has 0 bridgehead atoms. The monoisotopic (exact) mass is 288 g/mol. The van der Waals surface area contributed by atoms with E-state index in [0.717, 1.165) is 0 Å². The highest BCUT2D eigenvalue weighted by Crippen LogP contribution is 2.21. The van der Waals surface area contributed by atoms with Crippen LogP contribution in [0.4, 0.5) is 0 Å². The molecule has 2 aromatic rings. The van der Waals surface area contributed by atoms with E-state index in [1.807, 2.05) is 30.3 Å². The van der Waals surface area contributed by atoms with E-state index in [0.29, 0.717) is 5.75 Å². The van der Waals surface area contributed by atoms with Gasteiger partial charge < -0.3 is 5.32 Å². The van der Waals surface area contributed by atoms with Crippen molar-refractivity contribution < 1.29 is 4.21 Å². The smallest absolute Gasteiger partial charge is 0.0580 e. The van der Waals surface area contributed by atoms with E-state index < -0.39 is 10.8 Å². The van der Waals surface area contributed by atoms with Crippen LogP contribution in [0.5, 0.6) is 0 Å². The second kappa shape index (κ2) is 7.31. The van der Waals surface area contributed by atoms with Gasteiger partial charge in [0.1, 0.15) is 0 Å². The minimum absolute atomic E-state index is 0.0951. The Morgan fingerprint density at radius 2 is 1.70 bits per heavy atom. The molecule has 0 amide bonds. The number of hydrogen-bond donors (Lipinski definition) is 1. The van der Waals surface area contributed by atoms with Crippen LogP contribution in [0, 0.1) is 0 Å². The van der Waals surface area contributed by atoms with Crippen LogP contribution in [0.15, 0.2) is 54.9 Å². The van der Waals surface area contributed by atoms with Gasteiger partial charge in [-0.2, -0.15) is 0 Å². The summed E-state index contributed by atoms with van der Waals surface area (Å²) in [6.45, 7) is 2.07. The quantitative estimate of drug-likeness (QED) is 0.888. The Balaban J connectivity index is 2.24. The Kier molecular flexibility index (Phi) is 5.44. The predicted octanol–water partition coefficient (Wildman–Crippen LogP) is 2.53. The molecule has 0 aliphatic heterocycles. The minimum Gasteiger partial charge on any atom is -0.303 e. The first-order chi connectivity index (χ1) is 9.66. The van der Waals surface area contributed by atoms with E-state index in [-0.39, 0.29) is 12.1 Å². The number of hydrogen-bond acceptors (Lipinski definition) is 3. The lowest BCUT2D eigenvalue weighted by atomic mass is 9.99. The van der Waals surface area contributed by atoms with Crippen molar-refractivity contribution in [2.24, 2.45) is 0 Å². The molecule has 0 aliphatic rings. The maximum Gasteiger partial charge on any atom is 0.0580 e. The standard InChI is InChI=1S/C16H20N2OS/c1-13(12-20(2)19)18-16(14-6-4-3-5-7-14)15-8-10-17-11-9-15/h3-11,13,16,18H,12H2,1-2H3. The third-order valence-electron chi connectivity index (χ3n) is 3.11. The molecule has 0 fully saturated rings. The van der Waals surface area contributed by atoms with E-state index in [1.165, 1.54) is 11.1 Å². The van der Waals surface area contributed by atoms with Gasteiger partial charge in [-0.1, -0.05) is 30.3 Å². The molecule has 106 valence electrons. The predicted molar refractivity (Wildman–Crippen MR) is 84.1 cm³/mol. The van der Waals surface area contributed by atoms with E-state index in [4.69, 9.17) is 0 Å². The van der Waals surface area contributed by atoms with Crippen LogP contribution in [0.3, 0.4) is 0 Å². The van der Waals surface area contributed by atoms with E-state index in [2.05, 4.69) is 29.4 Å². The van der Waals surface area contributed by atoms with Crippen LogP contribution in [0.1, 0.15) is 24.1 Å². The van der Waals surface area contributed by atoms with Crippen molar-refractivity contribution in [2.45, 2.75) is 19.0 Å². The molecule has 1 heterocycles. The molecule has 3 atom stereocenters. The first kappa shape index (κ1) is 14.9. The highest BCUT2D eigenvalue weighted by molar-refractivity contribution is 7.84. The molecule has 1 aromatic carbocycles. The Bertz CT molecular complexity index is 505. The number of nitrogens with zero attached hydrogens (tertiary/aromatic N) is 1. The van der Waals surface area contributed by atoms with E-state index in [9.17, 15) is 4.21 Å². The zero-order valence-electron chi connectivity index (χ0n) is 11.8. The summed E-state index contributed by atoms with van der Waals surface area (Å²) < 4.78 is 11.4. The third-order valence-corrected chi connectivity index (χ3v) is 4.08. The SMILES string of the molecule is CC(CS(C)=O)NC(c1ccccc1)c1ccncc1. The van der Waals surface area contributed by atoms with Gasteiger partial charge in [0.25, 0.3) is 0 Å².